The first kappa shape index (κ1) is 16.9. The van der Waals surface area contributed by atoms with Crippen LogP contribution in [0.4, 0.5) is 5.82 Å². The van der Waals surface area contributed by atoms with Crippen molar-refractivity contribution in [3.05, 3.63) is 52.0 Å². The number of hydrogen-bond donors (Lipinski definition) is 1. The average Bonchev–Trinajstić information content (AvgIpc) is 2.99. The summed E-state index contributed by atoms with van der Waals surface area (Å²) in [5, 5.41) is 13.6. The Balaban J connectivity index is 1.45. The second kappa shape index (κ2) is 7.33. The van der Waals surface area contributed by atoms with Gasteiger partial charge in [-0.2, -0.15) is 0 Å². The number of benzene rings is 1. The maximum Gasteiger partial charge on any atom is 0.381 e. The van der Waals surface area contributed by atoms with Gasteiger partial charge in [-0.3, -0.25) is 4.79 Å². The molecular formula is C17H20N4O4. The summed E-state index contributed by atoms with van der Waals surface area (Å²) >= 11 is 0. The van der Waals surface area contributed by atoms with Crippen LogP contribution in [0.3, 0.4) is 0 Å². The number of para-hydroxylation sites is 1. The van der Waals surface area contributed by atoms with E-state index in [-0.39, 0.29) is 24.1 Å². The highest BCUT2D eigenvalue weighted by Gasteiger charge is 2.20. The van der Waals surface area contributed by atoms with E-state index in [4.69, 9.17) is 4.74 Å². The summed E-state index contributed by atoms with van der Waals surface area (Å²) in [6, 6.07) is 7.92. The van der Waals surface area contributed by atoms with E-state index in [1.165, 1.54) is 6.20 Å². The number of ether oxygens (including phenoxy) is 1. The molecule has 0 aliphatic carbocycles. The number of nitrogens with one attached hydrogen (secondary N) is 1. The van der Waals surface area contributed by atoms with Gasteiger partial charge in [0.25, 0.3) is 0 Å². The van der Waals surface area contributed by atoms with E-state index in [0.717, 1.165) is 17.7 Å². The number of aryl methyl sites for hydroxylation is 2. The molecule has 1 aliphatic heterocycles. The molecule has 1 amide bonds. The van der Waals surface area contributed by atoms with Gasteiger partial charge in [-0.25, -0.2) is 0 Å². The van der Waals surface area contributed by atoms with Crippen molar-refractivity contribution in [2.24, 2.45) is 5.92 Å². The first-order valence-electron chi connectivity index (χ1n) is 8.18. The van der Waals surface area contributed by atoms with Gasteiger partial charge < -0.3 is 24.7 Å². The minimum Gasteiger partial charge on any atom is -0.493 e. The molecule has 0 spiro atoms. The molecule has 8 heteroatoms. The third-order valence-electron chi connectivity index (χ3n) is 4.27. The van der Waals surface area contributed by atoms with Crippen molar-refractivity contribution in [1.82, 2.24) is 14.9 Å². The molecule has 1 atom stereocenters. The molecule has 3 rings (SSSR count). The smallest absolute Gasteiger partial charge is 0.381 e. The van der Waals surface area contributed by atoms with Crippen LogP contribution in [0.25, 0.3) is 0 Å². The van der Waals surface area contributed by atoms with Crippen LogP contribution in [0.1, 0.15) is 17.8 Å². The van der Waals surface area contributed by atoms with Gasteiger partial charge in [0.1, 0.15) is 11.9 Å². The molecule has 132 valence electrons. The zero-order valence-corrected chi connectivity index (χ0v) is 14.0. The number of nitro groups is 1. The molecule has 0 saturated heterocycles. The van der Waals surface area contributed by atoms with Crippen molar-refractivity contribution in [3.8, 4) is 5.75 Å². The summed E-state index contributed by atoms with van der Waals surface area (Å²) in [7, 11) is 0. The fourth-order valence-corrected chi connectivity index (χ4v) is 2.90. The number of amides is 1. The predicted molar refractivity (Wildman–Crippen MR) is 90.4 cm³/mol. The van der Waals surface area contributed by atoms with Gasteiger partial charge in [-0.1, -0.05) is 18.2 Å². The maximum absolute atomic E-state index is 12.0. The predicted octanol–water partition coefficient (Wildman–Crippen LogP) is 1.86. The largest absolute Gasteiger partial charge is 0.493 e. The summed E-state index contributed by atoms with van der Waals surface area (Å²) < 4.78 is 7.33. The van der Waals surface area contributed by atoms with E-state index < -0.39 is 4.92 Å². The van der Waals surface area contributed by atoms with E-state index in [1.807, 2.05) is 24.3 Å². The lowest BCUT2D eigenvalue weighted by atomic mass is 9.97. The Bertz CT molecular complexity index is 787. The van der Waals surface area contributed by atoms with E-state index in [0.29, 0.717) is 25.5 Å². The molecule has 2 aromatic rings. The van der Waals surface area contributed by atoms with Crippen molar-refractivity contribution < 1.29 is 14.5 Å². The summed E-state index contributed by atoms with van der Waals surface area (Å²) in [5.41, 5.74) is 1.16. The molecule has 2 heterocycles. The molecule has 0 radical (unpaired) electrons. The second-order valence-corrected chi connectivity index (χ2v) is 6.14. The lowest BCUT2D eigenvalue weighted by Crippen LogP contribution is -2.35. The lowest BCUT2D eigenvalue weighted by Gasteiger charge is -2.25. The molecule has 1 aromatic carbocycles. The number of carbonyl (C=O) groups is 1. The average molecular weight is 344 g/mol. The Labute approximate surface area is 145 Å². The quantitative estimate of drug-likeness (QED) is 0.637. The van der Waals surface area contributed by atoms with E-state index in [2.05, 4.69) is 10.3 Å². The molecule has 8 nitrogen and oxygen atoms in total. The van der Waals surface area contributed by atoms with E-state index in [1.54, 1.807) is 11.5 Å². The van der Waals surface area contributed by atoms with Gasteiger partial charge in [0.2, 0.25) is 11.7 Å². The van der Waals surface area contributed by atoms with Crippen molar-refractivity contribution >= 4 is 11.7 Å². The zero-order chi connectivity index (χ0) is 17.8. The number of rotatable bonds is 6. The summed E-state index contributed by atoms with van der Waals surface area (Å²) in [4.78, 5) is 26.1. The van der Waals surface area contributed by atoms with Crippen LogP contribution in [-0.2, 0) is 17.8 Å². The monoisotopic (exact) mass is 344 g/mol. The number of hydrogen-bond acceptors (Lipinski definition) is 5. The van der Waals surface area contributed by atoms with Gasteiger partial charge in [-0.05, 0) is 28.0 Å². The Morgan fingerprint density at radius 1 is 1.48 bits per heavy atom. The summed E-state index contributed by atoms with van der Waals surface area (Å²) in [6.07, 6.45) is 2.48. The SMILES string of the molecule is Cc1nc([N+](=O)[O-])cn1CCC(=O)NC[C@H]1COc2ccccc2C1. The van der Waals surface area contributed by atoms with Gasteiger partial charge >= 0.3 is 5.82 Å². The third-order valence-corrected chi connectivity index (χ3v) is 4.27. The number of fused-ring (bicyclic) bond motifs is 1. The van der Waals surface area contributed by atoms with Gasteiger partial charge in [0.05, 0.1) is 6.61 Å². The highest BCUT2D eigenvalue weighted by molar-refractivity contribution is 5.75. The number of carbonyl (C=O) groups excluding carboxylic acids is 1. The molecule has 1 N–H and O–H groups in total. The molecule has 0 bridgehead atoms. The molecule has 0 saturated carbocycles. The second-order valence-electron chi connectivity index (χ2n) is 6.14. The number of imidazole rings is 1. The van der Waals surface area contributed by atoms with E-state index >= 15 is 0 Å². The van der Waals surface area contributed by atoms with Crippen molar-refractivity contribution in [2.45, 2.75) is 26.3 Å². The zero-order valence-electron chi connectivity index (χ0n) is 14.0. The van der Waals surface area contributed by atoms with Gasteiger partial charge in [-0.15, -0.1) is 0 Å². The van der Waals surface area contributed by atoms with Crippen molar-refractivity contribution in [3.63, 3.8) is 0 Å². The lowest BCUT2D eigenvalue weighted by molar-refractivity contribution is -0.389. The molecular weight excluding hydrogens is 324 g/mol. The standard InChI is InChI=1S/C17H20N4O4/c1-12-19-16(21(23)24)10-20(12)7-6-17(22)18-9-13-8-14-4-2-3-5-15(14)25-11-13/h2-5,10,13H,6-9,11H2,1H3,(H,18,22)/t13-/m0/s1. The Morgan fingerprint density at radius 3 is 3.04 bits per heavy atom. The summed E-state index contributed by atoms with van der Waals surface area (Å²) in [6.45, 7) is 3.19. The highest BCUT2D eigenvalue weighted by atomic mass is 16.6. The van der Waals surface area contributed by atoms with Crippen LogP contribution in [0.15, 0.2) is 30.5 Å². The Morgan fingerprint density at radius 2 is 2.28 bits per heavy atom. The highest BCUT2D eigenvalue weighted by Crippen LogP contribution is 2.26. The first-order chi connectivity index (χ1) is 12.0. The fourth-order valence-electron chi connectivity index (χ4n) is 2.90. The normalized spacial score (nSPS) is 16.0. The molecule has 0 unspecified atom stereocenters. The maximum atomic E-state index is 12.0. The van der Waals surface area contributed by atoms with Gasteiger partial charge in [0.15, 0.2) is 0 Å². The van der Waals surface area contributed by atoms with Crippen molar-refractivity contribution in [2.75, 3.05) is 13.2 Å². The molecule has 0 fully saturated rings. The topological polar surface area (TPSA) is 99.3 Å². The van der Waals surface area contributed by atoms with E-state index in [9.17, 15) is 14.9 Å². The van der Waals surface area contributed by atoms with Crippen LogP contribution in [0.2, 0.25) is 0 Å². The Kier molecular flexibility index (Phi) is 4.97. The third kappa shape index (κ3) is 4.14. The molecule has 1 aliphatic rings. The minimum absolute atomic E-state index is 0.0883. The fraction of sp³-hybridized carbons (Fsp3) is 0.412. The number of nitrogens with zero attached hydrogens (tertiary/aromatic N) is 3. The van der Waals surface area contributed by atoms with Crippen LogP contribution >= 0.6 is 0 Å². The minimum atomic E-state index is -0.537. The van der Waals surface area contributed by atoms with Crippen LogP contribution in [-0.4, -0.2) is 33.5 Å². The van der Waals surface area contributed by atoms with Crippen LogP contribution in [0, 0.1) is 23.0 Å². The number of aromatic nitrogens is 2. The van der Waals surface area contributed by atoms with Crippen molar-refractivity contribution in [1.29, 1.82) is 0 Å². The Hall–Kier alpha value is -2.90. The van der Waals surface area contributed by atoms with Crippen LogP contribution < -0.4 is 10.1 Å². The summed E-state index contributed by atoms with van der Waals surface area (Å²) in [5.74, 6) is 1.40. The van der Waals surface area contributed by atoms with Gasteiger partial charge in [0, 0.05) is 32.4 Å². The first-order valence-corrected chi connectivity index (χ1v) is 8.18. The molecule has 25 heavy (non-hydrogen) atoms. The van der Waals surface area contributed by atoms with Crippen LogP contribution in [0.5, 0.6) is 5.75 Å². The molecule has 1 aromatic heterocycles.